The lowest BCUT2D eigenvalue weighted by molar-refractivity contribution is -0.760. The Morgan fingerprint density at radius 3 is 1.54 bits per heavy atom. The number of hydrogen-bond donors (Lipinski definition) is 6. The van der Waals surface area contributed by atoms with Crippen molar-refractivity contribution in [2.75, 3.05) is 48.6 Å². The first kappa shape index (κ1) is 31.6. The molecule has 6 N–H and O–H groups in total. The summed E-state index contributed by atoms with van der Waals surface area (Å²) in [4.78, 5) is 52.8. The summed E-state index contributed by atoms with van der Waals surface area (Å²) in [5, 5.41) is 29.4. The largest absolute Gasteiger partial charge is 0.504 e. The molecule has 3 rings (SSSR count). The van der Waals surface area contributed by atoms with Gasteiger partial charge in [-0.05, 0) is 12.1 Å². The number of phenolic OH excluding ortho intramolecular Hbond substituents is 2. The summed E-state index contributed by atoms with van der Waals surface area (Å²) in [5.74, 6) is -2.53. The van der Waals surface area contributed by atoms with E-state index in [1.54, 1.807) is 0 Å². The third-order valence-corrected chi connectivity index (χ3v) is 6.71. The van der Waals surface area contributed by atoms with Gasteiger partial charge in [-0.3, -0.25) is 20.2 Å². The Kier molecular flexibility index (Phi) is 10.1. The average Bonchev–Trinajstić information content (AvgIpc) is 3.37. The van der Waals surface area contributed by atoms with Gasteiger partial charge >= 0.3 is 12.2 Å². The Morgan fingerprint density at radius 1 is 0.780 bits per heavy atom. The molecule has 0 saturated heterocycles. The number of ether oxygens (including phenoxy) is 2. The average molecular weight is 651 g/mol. The summed E-state index contributed by atoms with van der Waals surface area (Å²) in [6, 6.07) is 2.32. The molecule has 14 nitrogen and oxygen atoms in total. The number of nitrogens with one attached hydrogen (secondary N) is 4. The summed E-state index contributed by atoms with van der Waals surface area (Å²) in [6.07, 6.45) is 2.39. The maximum Gasteiger partial charge on any atom is 0.411 e. The molecule has 0 aromatic heterocycles. The zero-order valence-electron chi connectivity index (χ0n) is 21.1. The lowest BCUT2D eigenvalue weighted by Gasteiger charge is -2.26. The molecule has 2 aromatic carbocycles. The molecule has 0 aliphatic carbocycles. The number of hydrogen-bond acceptors (Lipinski definition) is 9. The van der Waals surface area contributed by atoms with Crippen molar-refractivity contribution in [3.63, 3.8) is 0 Å². The number of anilines is 4. The molecular formula is C23H21Cl4N6O8+. The third kappa shape index (κ3) is 7.42. The van der Waals surface area contributed by atoms with Gasteiger partial charge in [-0.15, -0.1) is 0 Å². The fourth-order valence-electron chi connectivity index (χ4n) is 3.48. The van der Waals surface area contributed by atoms with Crippen molar-refractivity contribution in [2.45, 2.75) is 0 Å². The van der Waals surface area contributed by atoms with E-state index < -0.39 is 40.0 Å². The second-order valence-corrected chi connectivity index (χ2v) is 9.77. The molecule has 1 aliphatic heterocycles. The minimum Gasteiger partial charge on any atom is -0.504 e. The van der Waals surface area contributed by atoms with E-state index in [9.17, 15) is 29.4 Å². The minimum absolute atomic E-state index is 0.107. The summed E-state index contributed by atoms with van der Waals surface area (Å²) in [6.45, 7) is -0.751. The predicted molar refractivity (Wildman–Crippen MR) is 153 cm³/mol. The van der Waals surface area contributed by atoms with Crippen LogP contribution in [0.1, 0.15) is 0 Å². The lowest BCUT2D eigenvalue weighted by Crippen LogP contribution is -2.50. The number of benzene rings is 2. The van der Waals surface area contributed by atoms with E-state index in [-0.39, 0.29) is 55.9 Å². The maximum absolute atomic E-state index is 12.9. The van der Waals surface area contributed by atoms with Gasteiger partial charge < -0.3 is 30.3 Å². The molecule has 4 amide bonds. The highest BCUT2D eigenvalue weighted by atomic mass is 35.5. The number of halogens is 4. The number of carbonyl (C=O) groups is 4. The lowest BCUT2D eigenvalue weighted by atomic mass is 10.2. The van der Waals surface area contributed by atoms with Gasteiger partial charge in [0.05, 0.1) is 53.2 Å². The van der Waals surface area contributed by atoms with E-state index in [0.717, 1.165) is 26.4 Å². The molecule has 0 bridgehead atoms. The zero-order valence-corrected chi connectivity index (χ0v) is 24.1. The first-order valence-electron chi connectivity index (χ1n) is 11.1. The van der Waals surface area contributed by atoms with Crippen molar-refractivity contribution in [2.24, 2.45) is 4.99 Å². The Labute approximate surface area is 252 Å². The van der Waals surface area contributed by atoms with Crippen LogP contribution in [0.3, 0.4) is 0 Å². The van der Waals surface area contributed by atoms with Gasteiger partial charge in [0.15, 0.2) is 30.9 Å². The van der Waals surface area contributed by atoms with Crippen LogP contribution in [-0.2, 0) is 19.1 Å². The van der Waals surface area contributed by atoms with Gasteiger partial charge in [0, 0.05) is 0 Å². The highest BCUT2D eigenvalue weighted by Gasteiger charge is 2.34. The van der Waals surface area contributed by atoms with Crippen LogP contribution in [0.4, 0.5) is 32.3 Å². The van der Waals surface area contributed by atoms with Crippen LogP contribution >= 0.6 is 46.4 Å². The molecule has 0 radical (unpaired) electrons. The number of methoxy groups -OCH3 is 2. The topological polar surface area (TPSA) is 188 Å². The van der Waals surface area contributed by atoms with Gasteiger partial charge in [-0.1, -0.05) is 46.4 Å². The first-order valence-corrected chi connectivity index (χ1v) is 12.6. The summed E-state index contributed by atoms with van der Waals surface area (Å²) in [7, 11) is 2.24. The first-order chi connectivity index (χ1) is 19.3. The van der Waals surface area contributed by atoms with E-state index >= 15 is 0 Å². The molecule has 1 heterocycles. The Bertz CT molecular complexity index is 1370. The molecule has 0 atom stereocenters. The van der Waals surface area contributed by atoms with Crippen LogP contribution in [0, 0.1) is 0 Å². The monoisotopic (exact) mass is 649 g/mol. The molecule has 2 aromatic rings. The van der Waals surface area contributed by atoms with Crippen molar-refractivity contribution >= 4 is 99.5 Å². The van der Waals surface area contributed by atoms with Crippen LogP contribution < -0.4 is 21.3 Å². The van der Waals surface area contributed by atoms with Crippen molar-refractivity contribution < 1.29 is 43.3 Å². The Hall–Kier alpha value is -3.95. The van der Waals surface area contributed by atoms with E-state index in [0.29, 0.717) is 0 Å². The number of amides is 4. The van der Waals surface area contributed by atoms with E-state index in [4.69, 9.17) is 46.4 Å². The van der Waals surface area contributed by atoms with Crippen LogP contribution in [0.25, 0.3) is 0 Å². The molecule has 0 saturated carbocycles. The van der Waals surface area contributed by atoms with E-state index in [1.165, 1.54) is 18.7 Å². The summed E-state index contributed by atoms with van der Waals surface area (Å²) in [5.41, 5.74) is -0.609. The van der Waals surface area contributed by atoms with Crippen LogP contribution in [0.5, 0.6) is 11.5 Å². The van der Waals surface area contributed by atoms with Crippen molar-refractivity contribution in [3.05, 3.63) is 44.6 Å². The molecule has 218 valence electrons. The standard InChI is InChI=1S/C23H20Cl4N6O8/c1-40-22(38)31-18-10(24)5-12(20(36)16(18)26)29-14(34)7-33(4-3-28-9-33)8-15(35)30-13-6-11(25)19(17(27)21(13)37)32-23(39)41-2/h3-6,9H,7-8H2,1-2H3,(H5-,29,30,31,32,34,35,36,37,38,39)/p+1. The molecule has 1 aliphatic rings. The van der Waals surface area contributed by atoms with Crippen molar-refractivity contribution in [1.82, 2.24) is 0 Å². The highest BCUT2D eigenvalue weighted by molar-refractivity contribution is 6.42. The van der Waals surface area contributed by atoms with Gasteiger partial charge in [-0.25, -0.2) is 19.1 Å². The summed E-state index contributed by atoms with van der Waals surface area (Å²) >= 11 is 24.5. The summed E-state index contributed by atoms with van der Waals surface area (Å²) < 4.78 is 8.56. The molecule has 41 heavy (non-hydrogen) atoms. The maximum atomic E-state index is 12.9. The molecule has 0 unspecified atom stereocenters. The number of carbonyl (C=O) groups excluding carboxylic acids is 4. The van der Waals surface area contributed by atoms with E-state index in [2.05, 4.69) is 35.7 Å². The number of quaternary nitrogens is 1. The van der Waals surface area contributed by atoms with Gasteiger partial charge in [0.25, 0.3) is 11.8 Å². The zero-order chi connectivity index (χ0) is 30.5. The highest BCUT2D eigenvalue weighted by Crippen LogP contribution is 2.44. The number of aliphatic imine (C=N–C) groups is 1. The fraction of sp³-hybridized carbons (Fsp3) is 0.174. The molecule has 18 heteroatoms. The number of nitrogens with zero attached hydrogens (tertiary/aromatic N) is 2. The predicted octanol–water partition coefficient (Wildman–Crippen LogP) is 4.98. The fourth-order valence-corrected chi connectivity index (χ4v) is 4.58. The SMILES string of the molecule is COC(=O)Nc1c(Cl)cc(NC(=O)C[N+]2(CC(=O)Nc3cc(Cl)c(NC(=O)OC)c(Cl)c3O)C=CN=C2)c(O)c1Cl. The van der Waals surface area contributed by atoms with Crippen LogP contribution in [0.15, 0.2) is 29.5 Å². The smallest absolute Gasteiger partial charge is 0.411 e. The second-order valence-electron chi connectivity index (χ2n) is 8.20. The van der Waals surface area contributed by atoms with E-state index in [1.807, 2.05) is 0 Å². The van der Waals surface area contributed by atoms with Crippen LogP contribution in [0.2, 0.25) is 20.1 Å². The third-order valence-electron chi connectivity index (χ3n) is 5.38. The Balaban J connectivity index is 1.75. The molecular weight excluding hydrogens is 630 g/mol. The van der Waals surface area contributed by atoms with Crippen molar-refractivity contribution in [1.29, 1.82) is 0 Å². The normalized spacial score (nSPS) is 12.9. The van der Waals surface area contributed by atoms with Gasteiger partial charge in [-0.2, -0.15) is 0 Å². The van der Waals surface area contributed by atoms with Gasteiger partial charge in [0.1, 0.15) is 16.2 Å². The quantitative estimate of drug-likeness (QED) is 0.170. The number of aromatic hydroxyl groups is 2. The van der Waals surface area contributed by atoms with Gasteiger partial charge in [0.2, 0.25) is 0 Å². The second kappa shape index (κ2) is 13.1. The van der Waals surface area contributed by atoms with Crippen molar-refractivity contribution in [3.8, 4) is 11.5 Å². The number of rotatable bonds is 8. The van der Waals surface area contributed by atoms with Crippen LogP contribution in [-0.4, -0.2) is 72.3 Å². The molecule has 0 spiro atoms. The molecule has 0 fully saturated rings. The Morgan fingerprint density at radius 2 is 1.20 bits per heavy atom. The number of phenols is 2. The minimum atomic E-state index is -0.888.